The van der Waals surface area contributed by atoms with Gasteiger partial charge in [0.25, 0.3) is 5.91 Å². The molecule has 0 bridgehead atoms. The van der Waals surface area contributed by atoms with Gasteiger partial charge in [-0.2, -0.15) is 0 Å². The molecule has 3 aromatic rings. The second-order valence-corrected chi connectivity index (χ2v) is 10.5. The molecule has 1 fully saturated rings. The summed E-state index contributed by atoms with van der Waals surface area (Å²) in [7, 11) is 0. The number of carbonyl (C=O) groups is 4. The Hall–Kier alpha value is -3.83. The average molecular weight is 553 g/mol. The van der Waals surface area contributed by atoms with E-state index in [1.165, 1.54) is 23.2 Å². The highest BCUT2D eigenvalue weighted by Gasteiger charge is 2.32. The molecule has 1 unspecified atom stereocenters. The third-order valence-electron chi connectivity index (χ3n) is 6.60. The molecule has 11 heteroatoms. The van der Waals surface area contributed by atoms with E-state index in [1.807, 2.05) is 54.6 Å². The fraction of sp³-hybridized carbons (Fsp3) is 0.393. The fourth-order valence-corrected chi connectivity index (χ4v) is 5.41. The molecule has 2 N–H and O–H groups in total. The normalized spacial score (nSPS) is 16.0. The summed E-state index contributed by atoms with van der Waals surface area (Å²) in [6, 6.07) is 15.9. The van der Waals surface area contributed by atoms with Gasteiger partial charge in [-0.05, 0) is 37.0 Å². The number of amides is 3. The van der Waals surface area contributed by atoms with E-state index in [1.54, 1.807) is 4.90 Å². The second kappa shape index (κ2) is 13.3. The van der Waals surface area contributed by atoms with Crippen LogP contribution in [0, 0.1) is 0 Å². The minimum Gasteiger partial charge on any atom is -0.465 e. The second-order valence-electron chi connectivity index (χ2n) is 9.42. The molecule has 10 nitrogen and oxygen atoms in total. The number of ketones is 1. The Morgan fingerprint density at radius 2 is 1.87 bits per heavy atom. The predicted molar refractivity (Wildman–Crippen MR) is 147 cm³/mol. The molecular weight excluding hydrogens is 520 g/mol. The maximum Gasteiger partial charge on any atom is 0.407 e. The van der Waals surface area contributed by atoms with E-state index in [2.05, 4.69) is 10.3 Å². The Morgan fingerprint density at radius 3 is 2.59 bits per heavy atom. The van der Waals surface area contributed by atoms with Crippen molar-refractivity contribution >= 4 is 45.2 Å². The van der Waals surface area contributed by atoms with Crippen LogP contribution in [0.5, 0.6) is 0 Å². The zero-order valence-corrected chi connectivity index (χ0v) is 22.6. The van der Waals surface area contributed by atoms with Gasteiger partial charge in [-0.1, -0.05) is 42.5 Å². The third kappa shape index (κ3) is 7.61. The molecule has 1 aromatic heterocycles. The van der Waals surface area contributed by atoms with Crippen molar-refractivity contribution in [3.05, 3.63) is 65.2 Å². The Bertz CT molecular complexity index is 1280. The number of hydrogen-bond donors (Lipinski definition) is 2. The van der Waals surface area contributed by atoms with Crippen molar-refractivity contribution in [2.75, 3.05) is 26.2 Å². The topological polar surface area (TPSA) is 129 Å². The summed E-state index contributed by atoms with van der Waals surface area (Å²) in [5.41, 5.74) is 1.60. The van der Waals surface area contributed by atoms with Crippen LogP contribution in [0.2, 0.25) is 0 Å². The number of fused-ring (bicyclic) bond motifs is 1. The van der Waals surface area contributed by atoms with E-state index >= 15 is 0 Å². The van der Waals surface area contributed by atoms with Gasteiger partial charge < -0.3 is 25.0 Å². The molecule has 1 aliphatic rings. The first kappa shape index (κ1) is 28.2. The number of nitrogens with zero attached hydrogens (tertiary/aromatic N) is 3. The van der Waals surface area contributed by atoms with E-state index in [4.69, 9.17) is 4.74 Å². The van der Waals surface area contributed by atoms with Crippen LogP contribution in [0.1, 0.15) is 41.6 Å². The summed E-state index contributed by atoms with van der Waals surface area (Å²) in [5.74, 6) is -0.906. The van der Waals surface area contributed by atoms with E-state index in [0.717, 1.165) is 10.3 Å². The van der Waals surface area contributed by atoms with Crippen LogP contribution in [-0.4, -0.2) is 82.0 Å². The quantitative estimate of drug-likeness (QED) is 0.275. The van der Waals surface area contributed by atoms with Crippen LogP contribution in [0.3, 0.4) is 0 Å². The minimum absolute atomic E-state index is 0.121. The molecule has 2 aromatic carbocycles. The van der Waals surface area contributed by atoms with Gasteiger partial charge in [-0.3, -0.25) is 14.4 Å². The molecule has 1 aliphatic heterocycles. The molecular formula is C28H32N4O6S. The van der Waals surface area contributed by atoms with Crippen LogP contribution >= 0.6 is 11.3 Å². The number of carboxylic acid groups (broad SMARTS) is 1. The van der Waals surface area contributed by atoms with E-state index < -0.39 is 24.1 Å². The predicted octanol–water partition coefficient (Wildman–Crippen LogP) is 3.56. The molecule has 2 heterocycles. The zero-order valence-electron chi connectivity index (χ0n) is 21.7. The number of carbonyl (C=O) groups excluding carboxylic acids is 3. The van der Waals surface area contributed by atoms with Crippen LogP contribution < -0.4 is 5.32 Å². The van der Waals surface area contributed by atoms with Crippen LogP contribution in [0.25, 0.3) is 10.2 Å². The molecule has 2 atom stereocenters. The summed E-state index contributed by atoms with van der Waals surface area (Å²) in [5, 5.41) is 12.8. The number of thiazole rings is 1. The summed E-state index contributed by atoms with van der Waals surface area (Å²) in [4.78, 5) is 57.5. The van der Waals surface area contributed by atoms with Gasteiger partial charge in [0.1, 0.15) is 0 Å². The minimum atomic E-state index is -1.02. The first-order valence-electron chi connectivity index (χ1n) is 12.9. The number of para-hydroxylation sites is 1. The standard InChI is InChI=1S/C28H32N4O6S/c1-19(33)31-15-16-38-23(18-31)26(35)29-22(25(34)27-30-21-11-5-6-13-24(21)39-27)12-7-8-14-32(28(36)37)17-20-9-3-2-4-10-20/h2-6,9-11,13,22-23H,7-8,12,14-18H2,1H3,(H,29,35)(H,36,37)/t22-,23?/m0/s1. The summed E-state index contributed by atoms with van der Waals surface area (Å²) in [6.45, 7) is 2.78. The number of nitrogens with one attached hydrogen (secondary N) is 1. The van der Waals surface area contributed by atoms with Crippen LogP contribution in [-0.2, 0) is 20.9 Å². The Kier molecular flexibility index (Phi) is 9.61. The molecule has 0 spiro atoms. The molecule has 3 amide bonds. The lowest BCUT2D eigenvalue weighted by Gasteiger charge is -2.32. The molecule has 4 rings (SSSR count). The van der Waals surface area contributed by atoms with Gasteiger partial charge in [0.15, 0.2) is 11.1 Å². The molecule has 0 aliphatic carbocycles. The van der Waals surface area contributed by atoms with E-state index in [-0.39, 0.29) is 31.4 Å². The lowest BCUT2D eigenvalue weighted by molar-refractivity contribution is -0.146. The highest BCUT2D eigenvalue weighted by molar-refractivity contribution is 7.20. The Balaban J connectivity index is 1.42. The number of ether oxygens (including phenoxy) is 1. The van der Waals surface area contributed by atoms with Gasteiger partial charge >= 0.3 is 6.09 Å². The summed E-state index contributed by atoms with van der Waals surface area (Å²) in [6.07, 6.45) is -0.565. The van der Waals surface area contributed by atoms with Crippen molar-refractivity contribution in [3.8, 4) is 0 Å². The first-order chi connectivity index (χ1) is 18.8. The van der Waals surface area contributed by atoms with Gasteiger partial charge in [-0.25, -0.2) is 9.78 Å². The van der Waals surface area contributed by atoms with Crippen LogP contribution in [0.4, 0.5) is 4.79 Å². The number of aromatic nitrogens is 1. The van der Waals surface area contributed by atoms with Gasteiger partial charge in [0, 0.05) is 26.6 Å². The van der Waals surface area contributed by atoms with Crippen molar-refractivity contribution < 1.29 is 29.0 Å². The number of morpholine rings is 1. The number of benzene rings is 2. The lowest BCUT2D eigenvalue weighted by Crippen LogP contribution is -2.54. The molecule has 206 valence electrons. The Morgan fingerprint density at radius 1 is 1.13 bits per heavy atom. The van der Waals surface area contributed by atoms with Crippen molar-refractivity contribution in [2.24, 2.45) is 0 Å². The monoisotopic (exact) mass is 552 g/mol. The van der Waals surface area contributed by atoms with Crippen molar-refractivity contribution in [3.63, 3.8) is 0 Å². The molecule has 0 radical (unpaired) electrons. The van der Waals surface area contributed by atoms with Crippen molar-refractivity contribution in [1.29, 1.82) is 0 Å². The Labute approximate surface area is 230 Å². The maximum absolute atomic E-state index is 13.5. The SMILES string of the molecule is CC(=O)N1CCOC(C(=O)N[C@@H](CCCCN(Cc2ccccc2)C(=O)O)C(=O)c2nc3ccccc3s2)C1. The number of rotatable bonds is 11. The number of Topliss-reactive ketones (excluding diaryl/α,β-unsaturated/α-hetero) is 1. The largest absolute Gasteiger partial charge is 0.465 e. The smallest absolute Gasteiger partial charge is 0.407 e. The highest BCUT2D eigenvalue weighted by atomic mass is 32.1. The summed E-state index contributed by atoms with van der Waals surface area (Å²) < 4.78 is 6.46. The summed E-state index contributed by atoms with van der Waals surface area (Å²) >= 11 is 1.27. The molecule has 39 heavy (non-hydrogen) atoms. The number of unbranched alkanes of at least 4 members (excludes halogenated alkanes) is 1. The van der Waals surface area contributed by atoms with Crippen molar-refractivity contribution in [2.45, 2.75) is 44.9 Å². The maximum atomic E-state index is 13.5. The van der Waals surface area contributed by atoms with E-state index in [9.17, 15) is 24.3 Å². The first-order valence-corrected chi connectivity index (χ1v) is 13.7. The van der Waals surface area contributed by atoms with Crippen LogP contribution in [0.15, 0.2) is 54.6 Å². The zero-order chi connectivity index (χ0) is 27.8. The third-order valence-corrected chi connectivity index (χ3v) is 7.65. The average Bonchev–Trinajstić information content (AvgIpc) is 3.38. The fourth-order valence-electron chi connectivity index (χ4n) is 4.45. The van der Waals surface area contributed by atoms with E-state index in [0.29, 0.717) is 42.9 Å². The highest BCUT2D eigenvalue weighted by Crippen LogP contribution is 2.24. The van der Waals surface area contributed by atoms with Gasteiger partial charge in [0.2, 0.25) is 11.7 Å². The van der Waals surface area contributed by atoms with Crippen molar-refractivity contribution in [1.82, 2.24) is 20.1 Å². The van der Waals surface area contributed by atoms with Gasteiger partial charge in [-0.15, -0.1) is 11.3 Å². The van der Waals surface area contributed by atoms with Gasteiger partial charge in [0.05, 0.1) is 29.4 Å². The molecule has 1 saturated heterocycles. The lowest BCUT2D eigenvalue weighted by atomic mass is 10.0. The molecule has 0 saturated carbocycles. The number of hydrogen-bond acceptors (Lipinski definition) is 7.